The quantitative estimate of drug-likeness (QED) is 0.837. The molecule has 0 unspecified atom stereocenters. The second-order valence-corrected chi connectivity index (χ2v) is 7.73. The van der Waals surface area contributed by atoms with Gasteiger partial charge in [0, 0.05) is 37.4 Å². The van der Waals surface area contributed by atoms with Crippen LogP contribution in [0.15, 0.2) is 0 Å². The number of aryl methyl sites for hydroxylation is 2. The Balaban J connectivity index is 1.73. The van der Waals surface area contributed by atoms with Gasteiger partial charge in [-0.3, -0.25) is 0 Å². The lowest BCUT2D eigenvalue weighted by atomic mass is 9.86. The van der Waals surface area contributed by atoms with Crippen molar-refractivity contribution in [1.29, 1.82) is 0 Å². The van der Waals surface area contributed by atoms with Crippen molar-refractivity contribution in [1.82, 2.24) is 15.2 Å². The maximum atomic E-state index is 12.2. The third-order valence-corrected chi connectivity index (χ3v) is 5.68. The van der Waals surface area contributed by atoms with E-state index >= 15 is 0 Å². The molecule has 2 rings (SSSR count). The van der Waals surface area contributed by atoms with Crippen LogP contribution >= 0.6 is 11.3 Å². The SMILES string of the molecule is CCc1nc(CCNC(=O)N(C)C[C@H]2CCCC[C@@H]2O)sc1C. The highest BCUT2D eigenvalue weighted by Gasteiger charge is 2.25. The van der Waals surface area contributed by atoms with E-state index in [-0.39, 0.29) is 18.1 Å². The Morgan fingerprint density at radius 2 is 2.17 bits per heavy atom. The van der Waals surface area contributed by atoms with E-state index in [0.29, 0.717) is 13.1 Å². The van der Waals surface area contributed by atoms with Gasteiger partial charge in [0.2, 0.25) is 0 Å². The number of rotatable bonds is 6. The zero-order chi connectivity index (χ0) is 16.8. The largest absolute Gasteiger partial charge is 0.393 e. The van der Waals surface area contributed by atoms with Gasteiger partial charge in [-0.2, -0.15) is 0 Å². The van der Waals surface area contributed by atoms with Crippen molar-refractivity contribution in [2.24, 2.45) is 5.92 Å². The Hall–Kier alpha value is -1.14. The average Bonchev–Trinajstić information content (AvgIpc) is 2.89. The second-order valence-electron chi connectivity index (χ2n) is 6.44. The summed E-state index contributed by atoms with van der Waals surface area (Å²) in [6.07, 6.45) is 5.60. The highest BCUT2D eigenvalue weighted by Crippen LogP contribution is 2.24. The molecule has 1 saturated carbocycles. The van der Waals surface area contributed by atoms with Crippen molar-refractivity contribution < 1.29 is 9.90 Å². The minimum absolute atomic E-state index is 0.0632. The molecule has 2 atom stereocenters. The third-order valence-electron chi connectivity index (χ3n) is 4.61. The van der Waals surface area contributed by atoms with E-state index in [2.05, 4.69) is 24.1 Å². The highest BCUT2D eigenvalue weighted by atomic mass is 32.1. The van der Waals surface area contributed by atoms with Crippen molar-refractivity contribution in [3.63, 3.8) is 0 Å². The standard InChI is InChI=1S/C17H29N3O2S/c1-4-14-12(2)23-16(19-14)9-10-18-17(22)20(3)11-13-7-5-6-8-15(13)21/h13,15,21H,4-11H2,1-3H3,(H,18,22)/t13-,15+/m1/s1. The number of hydrogen-bond donors (Lipinski definition) is 2. The average molecular weight is 340 g/mol. The van der Waals surface area contributed by atoms with E-state index in [9.17, 15) is 9.90 Å². The van der Waals surface area contributed by atoms with Crippen LogP contribution in [0.25, 0.3) is 0 Å². The maximum Gasteiger partial charge on any atom is 0.317 e. The zero-order valence-corrected chi connectivity index (χ0v) is 15.3. The van der Waals surface area contributed by atoms with Crippen LogP contribution in [-0.2, 0) is 12.8 Å². The first-order valence-corrected chi connectivity index (χ1v) is 9.45. The lowest BCUT2D eigenvalue weighted by Crippen LogP contribution is -2.43. The summed E-state index contributed by atoms with van der Waals surface area (Å²) in [6.45, 7) is 5.44. The van der Waals surface area contributed by atoms with Crippen LogP contribution in [0.5, 0.6) is 0 Å². The summed E-state index contributed by atoms with van der Waals surface area (Å²) in [5, 5.41) is 14.1. The molecule has 1 aliphatic rings. The third kappa shape index (κ3) is 5.18. The fraction of sp³-hybridized carbons (Fsp3) is 0.765. The minimum Gasteiger partial charge on any atom is -0.393 e. The number of aliphatic hydroxyl groups is 1. The molecule has 0 saturated heterocycles. The molecule has 2 amide bonds. The topological polar surface area (TPSA) is 65.5 Å². The van der Waals surface area contributed by atoms with Crippen LogP contribution in [0.1, 0.15) is 48.2 Å². The first-order chi connectivity index (χ1) is 11.0. The van der Waals surface area contributed by atoms with Gasteiger partial charge in [-0.1, -0.05) is 19.8 Å². The Labute approximate surface area is 143 Å². The van der Waals surface area contributed by atoms with Crippen LogP contribution < -0.4 is 5.32 Å². The number of urea groups is 1. The minimum atomic E-state index is -0.259. The monoisotopic (exact) mass is 339 g/mol. The Bertz CT molecular complexity index is 518. The van der Waals surface area contributed by atoms with Gasteiger partial charge >= 0.3 is 6.03 Å². The van der Waals surface area contributed by atoms with E-state index < -0.39 is 0 Å². The molecule has 1 aliphatic carbocycles. The molecular formula is C17H29N3O2S. The van der Waals surface area contributed by atoms with Gasteiger partial charge in [-0.05, 0) is 26.2 Å². The van der Waals surface area contributed by atoms with Gasteiger partial charge in [-0.15, -0.1) is 11.3 Å². The van der Waals surface area contributed by atoms with E-state index in [1.807, 2.05) is 0 Å². The maximum absolute atomic E-state index is 12.2. The number of aromatic nitrogens is 1. The predicted molar refractivity (Wildman–Crippen MR) is 93.9 cm³/mol. The fourth-order valence-corrected chi connectivity index (χ4v) is 4.19. The number of aliphatic hydroxyl groups excluding tert-OH is 1. The second kappa shape index (κ2) is 8.64. The molecule has 0 aromatic carbocycles. The molecule has 130 valence electrons. The van der Waals surface area contributed by atoms with Crippen LogP contribution in [0.3, 0.4) is 0 Å². The summed E-state index contributed by atoms with van der Waals surface area (Å²) in [4.78, 5) is 19.7. The van der Waals surface area contributed by atoms with Gasteiger partial charge < -0.3 is 15.3 Å². The smallest absolute Gasteiger partial charge is 0.317 e. The molecule has 1 fully saturated rings. The van der Waals surface area contributed by atoms with Crippen molar-refractivity contribution in [2.75, 3.05) is 20.1 Å². The summed E-state index contributed by atoms with van der Waals surface area (Å²) in [5.74, 6) is 0.216. The zero-order valence-electron chi connectivity index (χ0n) is 14.5. The highest BCUT2D eigenvalue weighted by molar-refractivity contribution is 7.11. The summed E-state index contributed by atoms with van der Waals surface area (Å²) in [6, 6.07) is -0.0632. The van der Waals surface area contributed by atoms with Crippen LogP contribution in [0, 0.1) is 12.8 Å². The molecule has 23 heavy (non-hydrogen) atoms. The first-order valence-electron chi connectivity index (χ1n) is 8.63. The van der Waals surface area contributed by atoms with Crippen molar-refractivity contribution in [2.45, 2.75) is 58.5 Å². The van der Waals surface area contributed by atoms with Crippen LogP contribution in [0.2, 0.25) is 0 Å². The molecule has 0 radical (unpaired) electrons. The predicted octanol–water partition coefficient (Wildman–Crippen LogP) is 2.75. The van der Waals surface area contributed by atoms with E-state index in [1.54, 1.807) is 23.3 Å². The van der Waals surface area contributed by atoms with E-state index in [4.69, 9.17) is 0 Å². The normalized spacial score (nSPS) is 21.2. The number of hydrogen-bond acceptors (Lipinski definition) is 4. The van der Waals surface area contributed by atoms with E-state index in [0.717, 1.165) is 43.5 Å². The van der Waals surface area contributed by atoms with Crippen molar-refractivity contribution in [3.05, 3.63) is 15.6 Å². The number of amides is 2. The lowest BCUT2D eigenvalue weighted by molar-refractivity contribution is 0.0565. The lowest BCUT2D eigenvalue weighted by Gasteiger charge is -2.31. The molecule has 2 N–H and O–H groups in total. The summed E-state index contributed by atoms with van der Waals surface area (Å²) in [7, 11) is 1.80. The molecule has 1 aromatic heterocycles. The fourth-order valence-electron chi connectivity index (χ4n) is 3.17. The Kier molecular flexibility index (Phi) is 6.84. The molecular weight excluding hydrogens is 310 g/mol. The number of nitrogens with one attached hydrogen (secondary N) is 1. The summed E-state index contributed by atoms with van der Waals surface area (Å²) < 4.78 is 0. The summed E-state index contributed by atoms with van der Waals surface area (Å²) >= 11 is 1.72. The van der Waals surface area contributed by atoms with Gasteiger partial charge in [0.25, 0.3) is 0 Å². The molecule has 0 bridgehead atoms. The van der Waals surface area contributed by atoms with Gasteiger partial charge in [0.15, 0.2) is 0 Å². The molecule has 0 spiro atoms. The van der Waals surface area contributed by atoms with Gasteiger partial charge in [0.05, 0.1) is 16.8 Å². The Morgan fingerprint density at radius 1 is 1.43 bits per heavy atom. The van der Waals surface area contributed by atoms with E-state index in [1.165, 1.54) is 10.6 Å². The van der Waals surface area contributed by atoms with Crippen LogP contribution in [-0.4, -0.2) is 47.3 Å². The molecule has 6 heteroatoms. The molecule has 0 aliphatic heterocycles. The first kappa shape index (κ1) is 18.2. The molecule has 1 heterocycles. The van der Waals surface area contributed by atoms with Crippen molar-refractivity contribution in [3.8, 4) is 0 Å². The Morgan fingerprint density at radius 3 is 2.83 bits per heavy atom. The number of nitrogens with zero attached hydrogens (tertiary/aromatic N) is 2. The van der Waals surface area contributed by atoms with Crippen LogP contribution in [0.4, 0.5) is 4.79 Å². The summed E-state index contributed by atoms with van der Waals surface area (Å²) in [5.41, 5.74) is 1.17. The molecule has 1 aromatic rings. The number of carbonyl (C=O) groups is 1. The van der Waals surface area contributed by atoms with Gasteiger partial charge in [0.1, 0.15) is 0 Å². The number of carbonyl (C=O) groups excluding carboxylic acids is 1. The number of thiazole rings is 1. The van der Waals surface area contributed by atoms with Crippen molar-refractivity contribution >= 4 is 17.4 Å². The molecule has 5 nitrogen and oxygen atoms in total. The van der Waals surface area contributed by atoms with Gasteiger partial charge in [-0.25, -0.2) is 9.78 Å².